The number of hydrogen-bond acceptors (Lipinski definition) is 5. The number of rotatable bonds is 4. The molecular formula is C15H11F3N4O2. The van der Waals surface area contributed by atoms with Crippen LogP contribution in [0, 0.1) is 0 Å². The maximum Gasteiger partial charge on any atom is 0.416 e. The summed E-state index contributed by atoms with van der Waals surface area (Å²) in [6, 6.07) is 4.98. The first-order valence-electron chi connectivity index (χ1n) is 6.72. The van der Waals surface area contributed by atoms with Crippen molar-refractivity contribution in [2.45, 2.75) is 6.18 Å². The van der Waals surface area contributed by atoms with E-state index in [1.807, 2.05) is 0 Å². The highest BCUT2D eigenvalue weighted by molar-refractivity contribution is 5.61. The summed E-state index contributed by atoms with van der Waals surface area (Å²) in [7, 11) is 1.30. The average Bonchev–Trinajstić information content (AvgIpc) is 3.23. The smallest absolute Gasteiger partial charge is 0.416 e. The van der Waals surface area contributed by atoms with E-state index in [0.717, 1.165) is 12.1 Å². The van der Waals surface area contributed by atoms with Gasteiger partial charge in [-0.05, 0) is 24.3 Å². The van der Waals surface area contributed by atoms with Crippen LogP contribution in [0.15, 0.2) is 41.4 Å². The minimum absolute atomic E-state index is 0.0781. The first kappa shape index (κ1) is 15.8. The first-order valence-corrected chi connectivity index (χ1v) is 6.72. The van der Waals surface area contributed by atoms with E-state index in [1.54, 1.807) is 18.3 Å². The van der Waals surface area contributed by atoms with E-state index in [9.17, 15) is 13.2 Å². The van der Waals surface area contributed by atoms with Crippen molar-refractivity contribution in [2.75, 3.05) is 7.11 Å². The molecule has 2 heterocycles. The van der Waals surface area contributed by atoms with Gasteiger partial charge in [0.2, 0.25) is 0 Å². The zero-order chi connectivity index (χ0) is 17.2. The second kappa shape index (κ2) is 6.19. The molecule has 0 saturated carbocycles. The number of benzene rings is 1. The number of halogens is 3. The summed E-state index contributed by atoms with van der Waals surface area (Å²) in [5.74, 6) is 0.221. The molecule has 6 nitrogen and oxygen atoms in total. The number of aromatic nitrogens is 4. The molecule has 0 aliphatic carbocycles. The van der Waals surface area contributed by atoms with Crippen LogP contribution < -0.4 is 4.74 Å². The van der Waals surface area contributed by atoms with Crippen LogP contribution in [0.3, 0.4) is 0 Å². The largest absolute Gasteiger partial charge is 0.497 e. The molecule has 0 aliphatic heterocycles. The molecule has 0 bridgehead atoms. The number of ether oxygens (including phenoxy) is 1. The Bertz CT molecular complexity index is 854. The lowest BCUT2D eigenvalue weighted by Crippen LogP contribution is -2.05. The molecule has 124 valence electrons. The van der Waals surface area contributed by atoms with Gasteiger partial charge in [0.25, 0.3) is 0 Å². The van der Waals surface area contributed by atoms with E-state index >= 15 is 0 Å². The molecule has 0 amide bonds. The Kier molecular flexibility index (Phi) is 4.07. The van der Waals surface area contributed by atoms with Crippen LogP contribution in [-0.4, -0.2) is 27.0 Å². The molecule has 2 aromatic heterocycles. The molecule has 0 N–H and O–H groups in total. The molecule has 3 rings (SSSR count). The predicted molar refractivity (Wildman–Crippen MR) is 78.7 cm³/mol. The Labute approximate surface area is 134 Å². The van der Waals surface area contributed by atoms with Gasteiger partial charge in [0, 0.05) is 17.8 Å². The summed E-state index contributed by atoms with van der Waals surface area (Å²) in [6.07, 6.45) is 1.48. The summed E-state index contributed by atoms with van der Waals surface area (Å²) in [4.78, 5) is 4.02. The van der Waals surface area contributed by atoms with Gasteiger partial charge in [-0.1, -0.05) is 5.16 Å². The highest BCUT2D eigenvalue weighted by atomic mass is 19.4. The summed E-state index contributed by atoms with van der Waals surface area (Å²) in [5.41, 5.74) is -0.0469. The van der Waals surface area contributed by atoms with Crippen LogP contribution in [0.25, 0.3) is 23.7 Å². The molecule has 0 fully saturated rings. The summed E-state index contributed by atoms with van der Waals surface area (Å²) in [5, 5.41) is 7.81. The summed E-state index contributed by atoms with van der Waals surface area (Å²) in [6.45, 7) is 0. The molecule has 0 aliphatic rings. The van der Waals surface area contributed by atoms with Crippen molar-refractivity contribution in [3.8, 4) is 17.1 Å². The molecule has 0 radical (unpaired) electrons. The predicted octanol–water partition coefficient (Wildman–Crippen LogP) is 3.59. The van der Waals surface area contributed by atoms with E-state index in [0.29, 0.717) is 5.69 Å². The quantitative estimate of drug-likeness (QED) is 0.728. The Morgan fingerprint density at radius 3 is 2.75 bits per heavy atom. The van der Waals surface area contributed by atoms with E-state index in [2.05, 4.69) is 19.8 Å². The normalized spacial score (nSPS) is 12.0. The Balaban J connectivity index is 1.92. The van der Waals surface area contributed by atoms with Crippen molar-refractivity contribution in [1.29, 1.82) is 0 Å². The van der Waals surface area contributed by atoms with Crippen molar-refractivity contribution >= 4 is 12.3 Å². The molecule has 0 spiro atoms. The van der Waals surface area contributed by atoms with Crippen LogP contribution in [0.4, 0.5) is 13.2 Å². The third-order valence-electron chi connectivity index (χ3n) is 3.09. The fraction of sp³-hybridized carbons (Fsp3) is 0.133. The van der Waals surface area contributed by atoms with E-state index in [-0.39, 0.29) is 17.1 Å². The molecule has 0 saturated heterocycles. The van der Waals surface area contributed by atoms with Gasteiger partial charge >= 0.3 is 6.18 Å². The molecule has 3 aromatic rings. The zero-order valence-corrected chi connectivity index (χ0v) is 12.4. The van der Waals surface area contributed by atoms with Crippen LogP contribution in [0.1, 0.15) is 11.3 Å². The topological polar surface area (TPSA) is 66.0 Å². The monoisotopic (exact) mass is 336 g/mol. The minimum atomic E-state index is -4.49. The Morgan fingerprint density at radius 2 is 2.08 bits per heavy atom. The van der Waals surface area contributed by atoms with E-state index in [4.69, 9.17) is 4.74 Å². The van der Waals surface area contributed by atoms with Crippen molar-refractivity contribution in [3.05, 3.63) is 48.1 Å². The fourth-order valence-electron chi connectivity index (χ4n) is 1.95. The lowest BCUT2D eigenvalue weighted by Gasteiger charge is -2.10. The van der Waals surface area contributed by atoms with Gasteiger partial charge < -0.3 is 9.26 Å². The lowest BCUT2D eigenvalue weighted by molar-refractivity contribution is -0.137. The van der Waals surface area contributed by atoms with Crippen LogP contribution >= 0.6 is 0 Å². The zero-order valence-electron chi connectivity index (χ0n) is 12.4. The van der Waals surface area contributed by atoms with Crippen molar-refractivity contribution in [1.82, 2.24) is 19.9 Å². The third-order valence-corrected chi connectivity index (χ3v) is 3.09. The maximum absolute atomic E-state index is 13.0. The lowest BCUT2D eigenvalue weighted by atomic mass is 10.1. The van der Waals surface area contributed by atoms with E-state index in [1.165, 1.54) is 30.4 Å². The summed E-state index contributed by atoms with van der Waals surface area (Å²) >= 11 is 0. The molecule has 0 unspecified atom stereocenters. The number of alkyl halides is 3. The van der Waals surface area contributed by atoms with Crippen molar-refractivity contribution in [3.63, 3.8) is 0 Å². The fourth-order valence-corrected chi connectivity index (χ4v) is 1.95. The molecular weight excluding hydrogens is 325 g/mol. The highest BCUT2D eigenvalue weighted by Gasteiger charge is 2.31. The molecule has 1 aromatic carbocycles. The summed E-state index contributed by atoms with van der Waals surface area (Å²) < 4.78 is 49.8. The van der Waals surface area contributed by atoms with Crippen LogP contribution in [-0.2, 0) is 6.18 Å². The third kappa shape index (κ3) is 3.45. The van der Waals surface area contributed by atoms with E-state index < -0.39 is 11.7 Å². The van der Waals surface area contributed by atoms with Crippen LogP contribution in [0.2, 0.25) is 0 Å². The second-order valence-corrected chi connectivity index (χ2v) is 4.74. The van der Waals surface area contributed by atoms with Gasteiger partial charge in [-0.15, -0.1) is 5.10 Å². The Hall–Kier alpha value is -3.10. The highest BCUT2D eigenvalue weighted by Crippen LogP contribution is 2.34. The number of nitrogens with zero attached hydrogens (tertiary/aromatic N) is 4. The van der Waals surface area contributed by atoms with Crippen LogP contribution in [0.5, 0.6) is 5.75 Å². The second-order valence-electron chi connectivity index (χ2n) is 4.74. The number of hydrogen-bond donors (Lipinski definition) is 0. The molecule has 24 heavy (non-hydrogen) atoms. The van der Waals surface area contributed by atoms with Crippen molar-refractivity contribution in [2.24, 2.45) is 0 Å². The number of methoxy groups -OCH3 is 1. The van der Waals surface area contributed by atoms with Gasteiger partial charge in [-0.25, -0.2) is 9.67 Å². The van der Waals surface area contributed by atoms with Gasteiger partial charge in [0.1, 0.15) is 24.0 Å². The maximum atomic E-state index is 13.0. The van der Waals surface area contributed by atoms with Gasteiger partial charge in [0.05, 0.1) is 12.7 Å². The minimum Gasteiger partial charge on any atom is -0.497 e. The molecule has 0 atom stereocenters. The van der Waals surface area contributed by atoms with Gasteiger partial charge in [0.15, 0.2) is 5.82 Å². The first-order chi connectivity index (χ1) is 11.5. The average molecular weight is 336 g/mol. The molecule has 9 heteroatoms. The SMILES string of the molecule is COc1cc(-c2ncn(/C=C\c3ccon3)n2)cc(C(F)(F)F)c1. The Morgan fingerprint density at radius 1 is 1.25 bits per heavy atom. The van der Waals surface area contributed by atoms with Gasteiger partial charge in [-0.2, -0.15) is 13.2 Å². The van der Waals surface area contributed by atoms with Gasteiger partial charge in [-0.3, -0.25) is 0 Å². The standard InChI is InChI=1S/C15H11F3N4O2/c1-23-13-7-10(6-11(8-13)15(16,17)18)14-19-9-22(20-14)4-2-12-3-5-24-21-12/h2-9H,1H3/b4-2-. The van der Waals surface area contributed by atoms with Crippen molar-refractivity contribution < 1.29 is 22.4 Å².